The van der Waals surface area contributed by atoms with Crippen LogP contribution in [0.3, 0.4) is 0 Å². The van der Waals surface area contributed by atoms with Crippen molar-refractivity contribution in [2.75, 3.05) is 26.2 Å². The Balaban J connectivity index is 1.49. The highest BCUT2D eigenvalue weighted by molar-refractivity contribution is 5.76. The van der Waals surface area contributed by atoms with Crippen LogP contribution in [0.25, 0.3) is 0 Å². The minimum absolute atomic E-state index is 0.0444. The number of piperazine rings is 1. The number of halogens is 2. The first kappa shape index (κ1) is 19.1. The van der Waals surface area contributed by atoms with E-state index in [1.165, 1.54) is 35.3 Å². The Bertz CT molecular complexity index is 893. The standard InChI is InChI=1S/C20H20F2N6O/c21-17-5-1-15(2-6-17)20(16-3-7-18(22)8-4-16)27-11-9-26(10-12-27)19(29)13-28-14-23-24-25-28/h1-8,14,20H,9-13H2. The van der Waals surface area contributed by atoms with Gasteiger partial charge in [0.1, 0.15) is 24.5 Å². The van der Waals surface area contributed by atoms with Gasteiger partial charge in [0.05, 0.1) is 6.04 Å². The first-order chi connectivity index (χ1) is 14.1. The first-order valence-corrected chi connectivity index (χ1v) is 9.34. The lowest BCUT2D eigenvalue weighted by Crippen LogP contribution is -2.50. The maximum absolute atomic E-state index is 13.4. The molecule has 0 saturated carbocycles. The first-order valence-electron chi connectivity index (χ1n) is 9.34. The number of carbonyl (C=O) groups excluding carboxylic acids is 1. The molecule has 1 aliphatic rings. The van der Waals surface area contributed by atoms with Gasteiger partial charge in [0, 0.05) is 26.2 Å². The van der Waals surface area contributed by atoms with Crippen LogP contribution < -0.4 is 0 Å². The lowest BCUT2D eigenvalue weighted by molar-refractivity contribution is -0.134. The van der Waals surface area contributed by atoms with Crippen molar-refractivity contribution < 1.29 is 13.6 Å². The number of hydrogen-bond donors (Lipinski definition) is 0. The summed E-state index contributed by atoms with van der Waals surface area (Å²) in [5, 5.41) is 10.8. The zero-order valence-corrected chi connectivity index (χ0v) is 15.7. The summed E-state index contributed by atoms with van der Waals surface area (Å²) >= 11 is 0. The highest BCUT2D eigenvalue weighted by Crippen LogP contribution is 2.30. The van der Waals surface area contributed by atoms with E-state index < -0.39 is 0 Å². The van der Waals surface area contributed by atoms with Gasteiger partial charge in [0.25, 0.3) is 0 Å². The number of nitrogens with zero attached hydrogens (tertiary/aromatic N) is 6. The number of benzene rings is 2. The van der Waals surface area contributed by atoms with E-state index in [0.29, 0.717) is 26.2 Å². The second-order valence-electron chi connectivity index (χ2n) is 6.93. The van der Waals surface area contributed by atoms with Gasteiger partial charge in [0.15, 0.2) is 0 Å². The third kappa shape index (κ3) is 4.45. The molecule has 0 unspecified atom stereocenters. The Kier molecular flexibility index (Phi) is 5.57. The van der Waals surface area contributed by atoms with E-state index in [1.807, 2.05) is 0 Å². The van der Waals surface area contributed by atoms with Gasteiger partial charge in [0.2, 0.25) is 5.91 Å². The average molecular weight is 398 g/mol. The lowest BCUT2D eigenvalue weighted by Gasteiger charge is -2.39. The fourth-order valence-corrected chi connectivity index (χ4v) is 3.63. The molecule has 0 radical (unpaired) electrons. The van der Waals surface area contributed by atoms with Crippen LogP contribution in [0.5, 0.6) is 0 Å². The largest absolute Gasteiger partial charge is 0.339 e. The molecule has 29 heavy (non-hydrogen) atoms. The molecule has 9 heteroatoms. The maximum Gasteiger partial charge on any atom is 0.244 e. The van der Waals surface area contributed by atoms with Gasteiger partial charge in [-0.3, -0.25) is 9.69 Å². The third-order valence-electron chi connectivity index (χ3n) is 5.09. The summed E-state index contributed by atoms with van der Waals surface area (Å²) < 4.78 is 28.2. The van der Waals surface area contributed by atoms with E-state index in [-0.39, 0.29) is 30.1 Å². The molecule has 0 spiro atoms. The van der Waals surface area contributed by atoms with Crippen LogP contribution in [-0.4, -0.2) is 62.1 Å². The number of rotatable bonds is 5. The van der Waals surface area contributed by atoms with Crippen LogP contribution in [0.4, 0.5) is 8.78 Å². The highest BCUT2D eigenvalue weighted by Gasteiger charge is 2.28. The molecular weight excluding hydrogens is 378 g/mol. The Morgan fingerprint density at radius 3 is 1.93 bits per heavy atom. The van der Waals surface area contributed by atoms with Crippen LogP contribution in [0, 0.1) is 11.6 Å². The molecule has 1 aliphatic heterocycles. The second kappa shape index (κ2) is 8.44. The van der Waals surface area contributed by atoms with Crippen molar-refractivity contribution in [2.45, 2.75) is 12.6 Å². The summed E-state index contributed by atoms with van der Waals surface area (Å²) in [5.74, 6) is -0.647. The highest BCUT2D eigenvalue weighted by atomic mass is 19.1. The summed E-state index contributed by atoms with van der Waals surface area (Å²) in [6, 6.07) is 12.6. The van der Waals surface area contributed by atoms with Crippen LogP contribution in [0.2, 0.25) is 0 Å². The molecule has 0 N–H and O–H groups in total. The molecule has 2 aromatic carbocycles. The molecule has 0 bridgehead atoms. The predicted molar refractivity (Wildman–Crippen MR) is 101 cm³/mol. The van der Waals surface area contributed by atoms with Crippen molar-refractivity contribution in [2.24, 2.45) is 0 Å². The van der Waals surface area contributed by atoms with E-state index in [9.17, 15) is 13.6 Å². The SMILES string of the molecule is O=C(Cn1cnnn1)N1CCN(C(c2ccc(F)cc2)c2ccc(F)cc2)CC1. The van der Waals surface area contributed by atoms with Gasteiger partial charge >= 0.3 is 0 Å². The zero-order valence-electron chi connectivity index (χ0n) is 15.7. The Morgan fingerprint density at radius 2 is 1.45 bits per heavy atom. The van der Waals surface area contributed by atoms with Crippen molar-refractivity contribution in [1.82, 2.24) is 30.0 Å². The van der Waals surface area contributed by atoms with Gasteiger partial charge in [-0.1, -0.05) is 24.3 Å². The van der Waals surface area contributed by atoms with Gasteiger partial charge in [-0.15, -0.1) is 5.10 Å². The molecule has 0 atom stereocenters. The van der Waals surface area contributed by atoms with Crippen molar-refractivity contribution in [3.8, 4) is 0 Å². The topological polar surface area (TPSA) is 67.2 Å². The Hall–Kier alpha value is -3.20. The fraction of sp³-hybridized carbons (Fsp3) is 0.300. The molecule has 3 aromatic rings. The quantitative estimate of drug-likeness (QED) is 0.657. The summed E-state index contributed by atoms with van der Waals surface area (Å²) in [7, 11) is 0. The predicted octanol–water partition coefficient (Wildman–Crippen LogP) is 1.89. The second-order valence-corrected chi connectivity index (χ2v) is 6.93. The molecule has 2 heterocycles. The minimum Gasteiger partial charge on any atom is -0.339 e. The normalized spacial score (nSPS) is 15.1. The molecule has 0 aliphatic carbocycles. The molecule has 150 valence electrons. The molecule has 4 rings (SSSR count). The Morgan fingerprint density at radius 1 is 0.897 bits per heavy atom. The molecule has 1 saturated heterocycles. The van der Waals surface area contributed by atoms with E-state index >= 15 is 0 Å². The monoisotopic (exact) mass is 398 g/mol. The summed E-state index contributed by atoms with van der Waals surface area (Å²) in [4.78, 5) is 16.5. The number of hydrogen-bond acceptors (Lipinski definition) is 5. The van der Waals surface area contributed by atoms with Gasteiger partial charge < -0.3 is 4.90 Å². The van der Waals surface area contributed by atoms with E-state index in [0.717, 1.165) is 11.1 Å². The van der Waals surface area contributed by atoms with E-state index in [1.54, 1.807) is 29.2 Å². The summed E-state index contributed by atoms with van der Waals surface area (Å²) in [5.41, 5.74) is 1.85. The maximum atomic E-state index is 13.4. The van der Waals surface area contributed by atoms with E-state index in [4.69, 9.17) is 0 Å². The van der Waals surface area contributed by atoms with Gasteiger partial charge in [-0.05, 0) is 45.8 Å². The van der Waals surface area contributed by atoms with Crippen molar-refractivity contribution in [1.29, 1.82) is 0 Å². The summed E-state index contributed by atoms with van der Waals surface area (Å²) in [6.07, 6.45) is 1.41. The van der Waals surface area contributed by atoms with Crippen LogP contribution >= 0.6 is 0 Å². The number of tetrazole rings is 1. The molecule has 1 aromatic heterocycles. The summed E-state index contributed by atoms with van der Waals surface area (Å²) in [6.45, 7) is 2.49. The van der Waals surface area contributed by atoms with Crippen molar-refractivity contribution in [3.05, 3.63) is 77.6 Å². The molecular formula is C20H20F2N6O. The number of carbonyl (C=O) groups is 1. The Labute approximate surface area is 166 Å². The molecule has 1 fully saturated rings. The van der Waals surface area contributed by atoms with Gasteiger partial charge in [-0.25, -0.2) is 13.5 Å². The van der Waals surface area contributed by atoms with Crippen LogP contribution in [0.15, 0.2) is 54.9 Å². The lowest BCUT2D eigenvalue weighted by atomic mass is 9.96. The van der Waals surface area contributed by atoms with Crippen LogP contribution in [0.1, 0.15) is 17.2 Å². The third-order valence-corrected chi connectivity index (χ3v) is 5.09. The number of aromatic nitrogens is 4. The number of amides is 1. The van der Waals surface area contributed by atoms with Crippen LogP contribution in [-0.2, 0) is 11.3 Å². The average Bonchev–Trinajstić information content (AvgIpc) is 3.24. The van der Waals surface area contributed by atoms with E-state index in [2.05, 4.69) is 20.4 Å². The van der Waals surface area contributed by atoms with Gasteiger partial charge in [-0.2, -0.15) is 0 Å². The van der Waals surface area contributed by atoms with Crippen molar-refractivity contribution >= 4 is 5.91 Å². The molecule has 7 nitrogen and oxygen atoms in total. The zero-order chi connectivity index (χ0) is 20.2. The smallest absolute Gasteiger partial charge is 0.244 e. The van der Waals surface area contributed by atoms with Crippen molar-refractivity contribution in [3.63, 3.8) is 0 Å². The fourth-order valence-electron chi connectivity index (χ4n) is 3.63. The minimum atomic E-state index is -0.301. The molecule has 1 amide bonds.